The van der Waals surface area contributed by atoms with Crippen LogP contribution < -0.4 is 16.8 Å². The highest BCUT2D eigenvalue weighted by molar-refractivity contribution is 7.99. The van der Waals surface area contributed by atoms with Crippen LogP contribution >= 0.6 is 23.1 Å². The number of hydrogen-bond donors (Lipinski definition) is 3. The lowest BCUT2D eigenvalue weighted by atomic mass is 10.5. The van der Waals surface area contributed by atoms with E-state index in [2.05, 4.69) is 20.3 Å². The van der Waals surface area contributed by atoms with Crippen molar-refractivity contribution >= 4 is 45.8 Å². The molecule has 0 saturated heterocycles. The molecule has 9 heteroatoms. The summed E-state index contributed by atoms with van der Waals surface area (Å²) in [4.78, 5) is 23.4. The number of nitrogens with zero attached hydrogens (tertiary/aromatic N) is 3. The second kappa shape index (κ2) is 5.65. The Kier molecular flexibility index (Phi) is 3.95. The summed E-state index contributed by atoms with van der Waals surface area (Å²) in [5.41, 5.74) is 11.0. The second-order valence-corrected chi connectivity index (χ2v) is 5.01. The molecule has 0 unspecified atom stereocenters. The van der Waals surface area contributed by atoms with Crippen molar-refractivity contribution in [2.24, 2.45) is 0 Å². The van der Waals surface area contributed by atoms with E-state index < -0.39 is 0 Å². The van der Waals surface area contributed by atoms with E-state index in [0.717, 1.165) is 11.8 Å². The van der Waals surface area contributed by atoms with Crippen LogP contribution in [0.4, 0.5) is 16.8 Å². The van der Waals surface area contributed by atoms with Crippen LogP contribution in [-0.2, 0) is 4.79 Å². The third-order valence-corrected chi connectivity index (χ3v) is 3.29. The molecule has 2 heterocycles. The van der Waals surface area contributed by atoms with Gasteiger partial charge in [0.05, 0.1) is 5.75 Å². The van der Waals surface area contributed by atoms with Crippen LogP contribution in [-0.4, -0.2) is 26.6 Å². The Hall–Kier alpha value is -1.87. The van der Waals surface area contributed by atoms with Crippen molar-refractivity contribution in [3.8, 4) is 0 Å². The average molecular weight is 282 g/mol. The molecule has 0 aliphatic heterocycles. The summed E-state index contributed by atoms with van der Waals surface area (Å²) in [7, 11) is 0. The highest BCUT2D eigenvalue weighted by atomic mass is 32.2. The zero-order valence-electron chi connectivity index (χ0n) is 9.16. The first-order valence-electron chi connectivity index (χ1n) is 4.85. The number of aromatic nitrogens is 3. The number of nitrogens with two attached hydrogens (primary N) is 2. The molecule has 18 heavy (non-hydrogen) atoms. The summed E-state index contributed by atoms with van der Waals surface area (Å²) in [5, 5.41) is 5.37. The Morgan fingerprint density at radius 2 is 2.11 bits per heavy atom. The van der Waals surface area contributed by atoms with E-state index in [1.54, 1.807) is 11.6 Å². The van der Waals surface area contributed by atoms with Gasteiger partial charge in [-0.05, 0) is 0 Å². The maximum atomic E-state index is 11.6. The fourth-order valence-corrected chi connectivity index (χ4v) is 2.31. The Morgan fingerprint density at radius 3 is 2.72 bits per heavy atom. The van der Waals surface area contributed by atoms with Gasteiger partial charge >= 0.3 is 0 Å². The quantitative estimate of drug-likeness (QED) is 0.561. The van der Waals surface area contributed by atoms with Gasteiger partial charge in [-0.25, -0.2) is 15.0 Å². The predicted molar refractivity (Wildman–Crippen MR) is 72.3 cm³/mol. The Morgan fingerprint density at radius 1 is 1.39 bits per heavy atom. The van der Waals surface area contributed by atoms with Crippen molar-refractivity contribution in [3.63, 3.8) is 0 Å². The summed E-state index contributed by atoms with van der Waals surface area (Å²) >= 11 is 2.52. The first-order valence-corrected chi connectivity index (χ1v) is 6.72. The minimum absolute atomic E-state index is 0.169. The Balaban J connectivity index is 1.89. The number of rotatable bonds is 4. The molecule has 0 aliphatic carbocycles. The third kappa shape index (κ3) is 3.57. The molecule has 2 aromatic heterocycles. The largest absolute Gasteiger partial charge is 0.383 e. The number of thiazole rings is 1. The predicted octanol–water partition coefficient (Wildman–Crippen LogP) is 0.828. The molecular weight excluding hydrogens is 272 g/mol. The maximum absolute atomic E-state index is 11.6. The van der Waals surface area contributed by atoms with Crippen LogP contribution in [0.3, 0.4) is 0 Å². The molecule has 5 N–H and O–H groups in total. The van der Waals surface area contributed by atoms with E-state index in [0.29, 0.717) is 10.3 Å². The average Bonchev–Trinajstić information content (AvgIpc) is 2.78. The second-order valence-electron chi connectivity index (χ2n) is 3.17. The molecular formula is C9H10N6OS2. The topological polar surface area (TPSA) is 120 Å². The molecule has 0 aliphatic rings. The molecule has 1 amide bonds. The number of nitrogen functional groups attached to an aromatic ring is 2. The molecule has 0 atom stereocenters. The molecule has 0 radical (unpaired) electrons. The summed E-state index contributed by atoms with van der Waals surface area (Å²) in [6, 6.07) is 1.46. The number of anilines is 3. The highest BCUT2D eigenvalue weighted by Crippen LogP contribution is 2.17. The normalized spacial score (nSPS) is 10.2. The molecule has 2 aromatic rings. The minimum atomic E-state index is -0.181. The van der Waals surface area contributed by atoms with E-state index in [-0.39, 0.29) is 23.3 Å². The number of hydrogen-bond acceptors (Lipinski definition) is 8. The van der Waals surface area contributed by atoms with Crippen molar-refractivity contribution in [2.75, 3.05) is 22.5 Å². The lowest BCUT2D eigenvalue weighted by molar-refractivity contribution is -0.113. The smallest absolute Gasteiger partial charge is 0.236 e. The van der Waals surface area contributed by atoms with Crippen molar-refractivity contribution in [1.29, 1.82) is 0 Å². The number of amides is 1. The van der Waals surface area contributed by atoms with Gasteiger partial charge in [0.2, 0.25) is 5.91 Å². The number of thioether (sulfide) groups is 1. The fourth-order valence-electron chi connectivity index (χ4n) is 1.10. The summed E-state index contributed by atoms with van der Waals surface area (Å²) < 4.78 is 0. The molecule has 0 bridgehead atoms. The fraction of sp³-hybridized carbons (Fsp3) is 0.111. The van der Waals surface area contributed by atoms with E-state index in [1.165, 1.54) is 17.4 Å². The summed E-state index contributed by atoms with van der Waals surface area (Å²) in [5.74, 6) is 0.554. The number of carbonyl (C=O) groups excluding carboxylic acids is 1. The SMILES string of the molecule is Nc1cc(N)nc(SCC(=O)Nc2nccs2)n1. The van der Waals surface area contributed by atoms with Crippen LogP contribution in [0.25, 0.3) is 0 Å². The molecule has 0 fully saturated rings. The van der Waals surface area contributed by atoms with Gasteiger partial charge in [0.25, 0.3) is 0 Å². The van der Waals surface area contributed by atoms with Crippen molar-refractivity contribution in [2.45, 2.75) is 5.16 Å². The first-order chi connectivity index (χ1) is 8.63. The monoisotopic (exact) mass is 282 g/mol. The number of carbonyl (C=O) groups is 1. The van der Waals surface area contributed by atoms with Crippen molar-refractivity contribution in [3.05, 3.63) is 17.6 Å². The molecule has 0 spiro atoms. The van der Waals surface area contributed by atoms with Gasteiger partial charge in [-0.15, -0.1) is 11.3 Å². The third-order valence-electron chi connectivity index (χ3n) is 1.76. The van der Waals surface area contributed by atoms with Gasteiger partial charge in [-0.3, -0.25) is 4.79 Å². The van der Waals surface area contributed by atoms with Crippen LogP contribution in [0.1, 0.15) is 0 Å². The maximum Gasteiger partial charge on any atom is 0.236 e. The van der Waals surface area contributed by atoms with Gasteiger partial charge in [0, 0.05) is 17.6 Å². The standard InChI is InChI=1S/C9H10N6OS2/c10-5-3-6(11)14-9(13-5)18-4-7(16)15-8-12-1-2-17-8/h1-3H,4H2,(H,12,15,16)(H4,10,11,13,14). The van der Waals surface area contributed by atoms with Crippen LogP contribution in [0.15, 0.2) is 22.8 Å². The van der Waals surface area contributed by atoms with Gasteiger partial charge in [0.1, 0.15) is 11.6 Å². The van der Waals surface area contributed by atoms with Crippen molar-refractivity contribution < 1.29 is 4.79 Å². The zero-order chi connectivity index (χ0) is 13.0. The molecule has 94 valence electrons. The zero-order valence-corrected chi connectivity index (χ0v) is 10.8. The summed E-state index contributed by atoms with van der Waals surface area (Å²) in [6.45, 7) is 0. The van der Waals surface area contributed by atoms with Gasteiger partial charge in [-0.2, -0.15) is 0 Å². The van der Waals surface area contributed by atoms with E-state index >= 15 is 0 Å². The molecule has 0 saturated carbocycles. The van der Waals surface area contributed by atoms with E-state index in [9.17, 15) is 4.79 Å². The Labute approximate surface area is 111 Å². The molecule has 2 rings (SSSR count). The molecule has 7 nitrogen and oxygen atoms in total. The van der Waals surface area contributed by atoms with E-state index in [1.807, 2.05) is 0 Å². The summed E-state index contributed by atoms with van der Waals surface area (Å²) in [6.07, 6.45) is 1.62. The number of nitrogens with one attached hydrogen (secondary N) is 1. The van der Waals surface area contributed by atoms with Gasteiger partial charge in [-0.1, -0.05) is 11.8 Å². The Bertz CT molecular complexity index is 524. The van der Waals surface area contributed by atoms with E-state index in [4.69, 9.17) is 11.5 Å². The van der Waals surface area contributed by atoms with Crippen LogP contribution in [0.2, 0.25) is 0 Å². The van der Waals surface area contributed by atoms with Crippen molar-refractivity contribution in [1.82, 2.24) is 15.0 Å². The first kappa shape index (κ1) is 12.6. The van der Waals surface area contributed by atoms with Crippen LogP contribution in [0.5, 0.6) is 0 Å². The highest BCUT2D eigenvalue weighted by Gasteiger charge is 2.07. The lowest BCUT2D eigenvalue weighted by Crippen LogP contribution is -2.14. The lowest BCUT2D eigenvalue weighted by Gasteiger charge is -2.02. The minimum Gasteiger partial charge on any atom is -0.383 e. The molecule has 0 aromatic carbocycles. The van der Waals surface area contributed by atoms with Crippen LogP contribution in [0, 0.1) is 0 Å². The van der Waals surface area contributed by atoms with Gasteiger partial charge in [0.15, 0.2) is 10.3 Å². The van der Waals surface area contributed by atoms with Gasteiger partial charge < -0.3 is 16.8 Å².